The number of halogens is 2. The fraction of sp³-hybridized carbons (Fsp3) is 0.545. The molecule has 1 N–H and O–H groups in total. The highest BCUT2D eigenvalue weighted by atomic mass is 35.5. The van der Waals surface area contributed by atoms with Crippen molar-refractivity contribution in [1.82, 2.24) is 15.5 Å². The molecule has 1 amide bonds. The van der Waals surface area contributed by atoms with Crippen LogP contribution >= 0.6 is 35.0 Å². The minimum atomic E-state index is -0.262. The summed E-state index contributed by atoms with van der Waals surface area (Å²) in [6.07, 6.45) is 5.31. The second-order valence-electron chi connectivity index (χ2n) is 3.68. The Morgan fingerprint density at radius 2 is 2.11 bits per heavy atom. The molecule has 0 spiro atoms. The van der Waals surface area contributed by atoms with Gasteiger partial charge in [0.1, 0.15) is 0 Å². The van der Waals surface area contributed by atoms with Crippen LogP contribution in [0.2, 0.25) is 10.3 Å². The molecule has 0 saturated heterocycles. The molecular weight excluding hydrogens is 293 g/mol. The lowest BCUT2D eigenvalue weighted by Gasteiger charge is -2.06. The molecule has 0 aliphatic heterocycles. The van der Waals surface area contributed by atoms with Gasteiger partial charge in [-0.15, -0.1) is 10.2 Å². The molecule has 7 heteroatoms. The van der Waals surface area contributed by atoms with Gasteiger partial charge in [0, 0.05) is 6.54 Å². The van der Waals surface area contributed by atoms with Crippen molar-refractivity contribution >= 4 is 40.9 Å². The Balaban J connectivity index is 2.34. The minimum Gasteiger partial charge on any atom is -0.352 e. The normalized spacial score (nSPS) is 10.4. The van der Waals surface area contributed by atoms with E-state index >= 15 is 0 Å². The predicted molar refractivity (Wildman–Crippen MR) is 76.6 cm³/mol. The number of amides is 1. The van der Waals surface area contributed by atoms with Gasteiger partial charge in [0.05, 0.1) is 5.56 Å². The van der Waals surface area contributed by atoms with Crippen LogP contribution in [0.1, 0.15) is 29.6 Å². The van der Waals surface area contributed by atoms with E-state index in [1.165, 1.54) is 12.5 Å². The molecule has 0 fully saturated rings. The first-order chi connectivity index (χ1) is 8.65. The molecule has 0 unspecified atom stereocenters. The topological polar surface area (TPSA) is 54.9 Å². The molecule has 0 aromatic carbocycles. The number of rotatable bonds is 7. The van der Waals surface area contributed by atoms with Gasteiger partial charge in [-0.1, -0.05) is 29.6 Å². The second kappa shape index (κ2) is 8.56. The van der Waals surface area contributed by atoms with Crippen LogP contribution in [0.5, 0.6) is 0 Å². The Kier molecular flexibility index (Phi) is 7.39. The van der Waals surface area contributed by atoms with E-state index in [1.54, 1.807) is 0 Å². The largest absolute Gasteiger partial charge is 0.352 e. The summed E-state index contributed by atoms with van der Waals surface area (Å²) in [4.78, 5) is 11.8. The zero-order valence-corrected chi connectivity index (χ0v) is 12.4. The smallest absolute Gasteiger partial charge is 0.254 e. The second-order valence-corrected chi connectivity index (χ2v) is 5.41. The first-order valence-electron chi connectivity index (χ1n) is 5.61. The predicted octanol–water partition coefficient (Wildman–Crippen LogP) is 3.05. The first-order valence-corrected chi connectivity index (χ1v) is 7.76. The number of carbonyl (C=O) groups is 1. The summed E-state index contributed by atoms with van der Waals surface area (Å²) in [5.41, 5.74) is 0.265. The van der Waals surface area contributed by atoms with Crippen LogP contribution in [0.3, 0.4) is 0 Å². The summed E-state index contributed by atoms with van der Waals surface area (Å²) in [6, 6.07) is 1.42. The van der Waals surface area contributed by atoms with Crippen molar-refractivity contribution in [3.8, 4) is 0 Å². The number of nitrogens with one attached hydrogen (secondary N) is 1. The summed E-state index contributed by atoms with van der Waals surface area (Å²) in [5.74, 6) is 0.894. The third-order valence-corrected chi connectivity index (χ3v) is 3.44. The summed E-state index contributed by atoms with van der Waals surface area (Å²) >= 11 is 13.3. The van der Waals surface area contributed by atoms with E-state index < -0.39 is 0 Å². The van der Waals surface area contributed by atoms with Crippen molar-refractivity contribution in [2.75, 3.05) is 18.6 Å². The highest BCUT2D eigenvalue weighted by Crippen LogP contribution is 2.15. The number of carbonyl (C=O) groups excluding carboxylic acids is 1. The average Bonchev–Trinajstić information content (AvgIpc) is 2.36. The fourth-order valence-corrected chi connectivity index (χ4v) is 2.18. The maximum absolute atomic E-state index is 11.8. The minimum absolute atomic E-state index is 0.0688. The molecule has 4 nitrogen and oxygen atoms in total. The highest BCUT2D eigenvalue weighted by Gasteiger charge is 2.12. The van der Waals surface area contributed by atoms with E-state index in [0.717, 1.165) is 18.6 Å². The molecule has 0 aliphatic carbocycles. The zero-order valence-electron chi connectivity index (χ0n) is 10.1. The lowest BCUT2D eigenvalue weighted by molar-refractivity contribution is 0.0952. The lowest BCUT2D eigenvalue weighted by Crippen LogP contribution is -2.25. The number of hydrogen-bond acceptors (Lipinski definition) is 4. The summed E-state index contributed by atoms with van der Waals surface area (Å²) in [5, 5.41) is 10.2. The first kappa shape index (κ1) is 15.5. The van der Waals surface area contributed by atoms with Crippen LogP contribution in [0.4, 0.5) is 0 Å². The van der Waals surface area contributed by atoms with E-state index in [0.29, 0.717) is 6.54 Å². The van der Waals surface area contributed by atoms with Crippen LogP contribution < -0.4 is 5.32 Å². The van der Waals surface area contributed by atoms with Crippen molar-refractivity contribution < 1.29 is 4.79 Å². The number of thioether (sulfide) groups is 1. The summed E-state index contributed by atoms with van der Waals surface area (Å²) < 4.78 is 0. The third-order valence-electron chi connectivity index (χ3n) is 2.27. The van der Waals surface area contributed by atoms with Gasteiger partial charge in [0.2, 0.25) is 0 Å². The standard InChI is InChI=1S/C11H15Cl2N3OS/c1-18-6-4-2-3-5-14-11(17)8-7-9(12)15-16-10(8)13/h7H,2-6H2,1H3,(H,14,17). The quantitative estimate of drug-likeness (QED) is 0.787. The SMILES string of the molecule is CSCCCCCNC(=O)c1cc(Cl)nnc1Cl. The van der Waals surface area contributed by atoms with E-state index in [9.17, 15) is 4.79 Å². The van der Waals surface area contributed by atoms with Crippen molar-refractivity contribution in [3.63, 3.8) is 0 Å². The average molecular weight is 308 g/mol. The molecule has 0 saturated carbocycles. The number of unbranched alkanes of at least 4 members (excludes halogenated alkanes) is 2. The van der Waals surface area contributed by atoms with Crippen molar-refractivity contribution in [2.45, 2.75) is 19.3 Å². The Labute approximate surface area is 121 Å². The number of aromatic nitrogens is 2. The maximum atomic E-state index is 11.8. The fourth-order valence-electron chi connectivity index (χ4n) is 1.36. The molecule has 1 rings (SSSR count). The molecule has 1 heterocycles. The Morgan fingerprint density at radius 1 is 1.33 bits per heavy atom. The van der Waals surface area contributed by atoms with Crippen molar-refractivity contribution in [1.29, 1.82) is 0 Å². The van der Waals surface area contributed by atoms with Gasteiger partial charge in [0.25, 0.3) is 5.91 Å². The molecule has 0 bridgehead atoms. The number of nitrogens with zero attached hydrogens (tertiary/aromatic N) is 2. The third kappa shape index (κ3) is 5.42. The van der Waals surface area contributed by atoms with E-state index in [-0.39, 0.29) is 21.8 Å². The van der Waals surface area contributed by atoms with Crippen LogP contribution in [-0.2, 0) is 0 Å². The van der Waals surface area contributed by atoms with E-state index in [4.69, 9.17) is 23.2 Å². The molecule has 100 valence electrons. The molecule has 1 aromatic rings. The van der Waals surface area contributed by atoms with Crippen LogP contribution in [0.25, 0.3) is 0 Å². The van der Waals surface area contributed by atoms with Gasteiger partial charge >= 0.3 is 0 Å². The molecule has 1 aromatic heterocycles. The van der Waals surface area contributed by atoms with Gasteiger partial charge < -0.3 is 5.32 Å². The van der Waals surface area contributed by atoms with Gasteiger partial charge in [-0.3, -0.25) is 4.79 Å². The Hall–Kier alpha value is -0.520. The van der Waals surface area contributed by atoms with Crippen LogP contribution in [0, 0.1) is 0 Å². The highest BCUT2D eigenvalue weighted by molar-refractivity contribution is 7.98. The molecule has 18 heavy (non-hydrogen) atoms. The molecule has 0 aliphatic rings. The summed E-state index contributed by atoms with van der Waals surface area (Å²) in [6.45, 7) is 0.628. The van der Waals surface area contributed by atoms with E-state index in [2.05, 4.69) is 21.8 Å². The summed E-state index contributed by atoms with van der Waals surface area (Å²) in [7, 11) is 0. The maximum Gasteiger partial charge on any atom is 0.254 e. The Bertz CT molecular complexity index is 404. The van der Waals surface area contributed by atoms with Crippen molar-refractivity contribution in [2.24, 2.45) is 0 Å². The van der Waals surface area contributed by atoms with Gasteiger partial charge in [0.15, 0.2) is 10.3 Å². The zero-order chi connectivity index (χ0) is 13.4. The molecule has 0 atom stereocenters. The van der Waals surface area contributed by atoms with Crippen LogP contribution in [0.15, 0.2) is 6.07 Å². The number of hydrogen-bond donors (Lipinski definition) is 1. The van der Waals surface area contributed by atoms with E-state index in [1.807, 2.05) is 11.8 Å². The monoisotopic (exact) mass is 307 g/mol. The van der Waals surface area contributed by atoms with Crippen molar-refractivity contribution in [3.05, 3.63) is 21.9 Å². The molecular formula is C11H15Cl2N3OS. The Morgan fingerprint density at radius 3 is 2.83 bits per heavy atom. The lowest BCUT2D eigenvalue weighted by atomic mass is 10.2. The van der Waals surface area contributed by atoms with Gasteiger partial charge in [-0.2, -0.15) is 11.8 Å². The van der Waals surface area contributed by atoms with Gasteiger partial charge in [-0.25, -0.2) is 0 Å². The molecule has 0 radical (unpaired) electrons. The van der Waals surface area contributed by atoms with Gasteiger partial charge in [-0.05, 0) is 30.9 Å². The van der Waals surface area contributed by atoms with Crippen LogP contribution in [-0.4, -0.2) is 34.7 Å².